The van der Waals surface area contributed by atoms with Gasteiger partial charge in [-0.15, -0.1) is 0 Å². The van der Waals surface area contributed by atoms with Crippen LogP contribution in [0.15, 0.2) is 48.0 Å². The van der Waals surface area contributed by atoms with Crippen LogP contribution in [0.1, 0.15) is 30.0 Å². The van der Waals surface area contributed by atoms with E-state index >= 15 is 0 Å². The monoisotopic (exact) mass is 464 g/mol. The summed E-state index contributed by atoms with van der Waals surface area (Å²) in [4.78, 5) is 43.7. The van der Waals surface area contributed by atoms with E-state index in [0.29, 0.717) is 42.1 Å². The van der Waals surface area contributed by atoms with Crippen molar-refractivity contribution in [2.24, 2.45) is 0 Å². The minimum absolute atomic E-state index is 0.120. The average Bonchev–Trinajstić information content (AvgIpc) is 3.22. The van der Waals surface area contributed by atoms with Gasteiger partial charge in [0.2, 0.25) is 0 Å². The van der Waals surface area contributed by atoms with Gasteiger partial charge in [0.15, 0.2) is 5.54 Å². The Kier molecular flexibility index (Phi) is 6.18. The lowest BCUT2D eigenvalue weighted by Gasteiger charge is -2.34. The molecule has 8 heteroatoms. The number of hydrogen-bond donors (Lipinski definition) is 1. The summed E-state index contributed by atoms with van der Waals surface area (Å²) < 4.78 is 10.4. The zero-order valence-electron chi connectivity index (χ0n) is 19.8. The smallest absolute Gasteiger partial charge is 0.296 e. The molecule has 1 atom stereocenters. The van der Waals surface area contributed by atoms with Crippen LogP contribution >= 0.6 is 0 Å². The van der Waals surface area contributed by atoms with E-state index in [1.165, 1.54) is 4.90 Å². The summed E-state index contributed by atoms with van der Waals surface area (Å²) >= 11 is 0. The number of hydrogen-bond acceptors (Lipinski definition) is 6. The zero-order valence-corrected chi connectivity index (χ0v) is 19.8. The molecule has 2 aliphatic heterocycles. The van der Waals surface area contributed by atoms with Crippen LogP contribution in [-0.4, -0.2) is 61.5 Å². The second kappa shape index (κ2) is 8.95. The van der Waals surface area contributed by atoms with Crippen LogP contribution < -0.4 is 9.64 Å². The van der Waals surface area contributed by atoms with Crippen LogP contribution in [0.2, 0.25) is 0 Å². The normalized spacial score (nSPS) is 21.0. The number of rotatable bonds is 7. The number of para-hydroxylation sites is 1. The molecule has 2 aromatic carbocycles. The van der Waals surface area contributed by atoms with Crippen LogP contribution in [0, 0.1) is 6.92 Å². The van der Waals surface area contributed by atoms with E-state index < -0.39 is 23.1 Å². The molecule has 2 amide bonds. The Morgan fingerprint density at radius 2 is 1.82 bits per heavy atom. The standard InChI is InChI=1S/C26H28N2O6/c1-5-27-19-10-7-6-9-18(19)26(25(27)32)21(23(30)24(31)28(26)13-8-14-33-3)22(29)17-11-12-20(34-4)16(2)15-17/h6-7,9-12,15,29H,5,8,13-14H2,1-4H3/t26-/m0/s1. The van der Waals surface area contributed by atoms with Crippen LogP contribution in [0.3, 0.4) is 0 Å². The lowest BCUT2D eigenvalue weighted by atomic mass is 9.81. The van der Waals surface area contributed by atoms with Crippen molar-refractivity contribution in [2.45, 2.75) is 25.8 Å². The number of ether oxygens (including phenoxy) is 2. The molecule has 0 bridgehead atoms. The maximum Gasteiger partial charge on any atom is 0.296 e. The molecule has 1 spiro atoms. The van der Waals surface area contributed by atoms with Gasteiger partial charge in [0.05, 0.1) is 18.4 Å². The van der Waals surface area contributed by atoms with Crippen molar-refractivity contribution in [2.75, 3.05) is 38.8 Å². The predicted molar refractivity (Wildman–Crippen MR) is 127 cm³/mol. The molecular formula is C26H28N2O6. The average molecular weight is 465 g/mol. The van der Waals surface area contributed by atoms with E-state index in [2.05, 4.69) is 0 Å². The van der Waals surface area contributed by atoms with Crippen molar-refractivity contribution >= 4 is 29.0 Å². The molecule has 2 aromatic rings. The van der Waals surface area contributed by atoms with E-state index in [0.717, 1.165) is 5.56 Å². The third kappa shape index (κ3) is 3.20. The number of nitrogens with zero attached hydrogens (tertiary/aromatic N) is 2. The number of likely N-dealkylation sites (tertiary alicyclic amines) is 1. The van der Waals surface area contributed by atoms with Gasteiger partial charge < -0.3 is 24.4 Å². The Balaban J connectivity index is 2.02. The number of aryl methyl sites for hydroxylation is 1. The van der Waals surface area contributed by atoms with Crippen molar-refractivity contribution in [1.82, 2.24) is 4.90 Å². The van der Waals surface area contributed by atoms with Gasteiger partial charge in [-0.05, 0) is 50.1 Å². The quantitative estimate of drug-likeness (QED) is 0.293. The topological polar surface area (TPSA) is 96.4 Å². The molecule has 0 radical (unpaired) electrons. The van der Waals surface area contributed by atoms with Gasteiger partial charge in [-0.3, -0.25) is 14.4 Å². The number of benzene rings is 2. The van der Waals surface area contributed by atoms with Gasteiger partial charge in [-0.1, -0.05) is 18.2 Å². The molecule has 1 N–H and O–H groups in total. The number of likely N-dealkylation sites (N-methyl/N-ethyl adjacent to an activating group) is 1. The Labute approximate surface area is 198 Å². The van der Waals surface area contributed by atoms with Crippen molar-refractivity contribution in [3.63, 3.8) is 0 Å². The molecular weight excluding hydrogens is 436 g/mol. The number of ketones is 1. The first-order valence-corrected chi connectivity index (χ1v) is 11.2. The zero-order chi connectivity index (χ0) is 24.6. The Hall–Kier alpha value is -3.65. The van der Waals surface area contributed by atoms with Gasteiger partial charge in [-0.25, -0.2) is 0 Å². The minimum atomic E-state index is -1.74. The maximum atomic E-state index is 14.0. The summed E-state index contributed by atoms with van der Waals surface area (Å²) in [5, 5.41) is 11.5. The van der Waals surface area contributed by atoms with Crippen molar-refractivity contribution in [3.8, 4) is 5.75 Å². The lowest BCUT2D eigenvalue weighted by Crippen LogP contribution is -2.52. The molecule has 0 aliphatic carbocycles. The molecule has 8 nitrogen and oxygen atoms in total. The van der Waals surface area contributed by atoms with Crippen LogP contribution in [0.5, 0.6) is 5.75 Å². The number of amides is 2. The van der Waals surface area contributed by atoms with Crippen LogP contribution in [0.4, 0.5) is 5.69 Å². The van der Waals surface area contributed by atoms with Crippen LogP contribution in [0.25, 0.3) is 5.76 Å². The molecule has 178 valence electrons. The Morgan fingerprint density at radius 3 is 2.47 bits per heavy atom. The van der Waals surface area contributed by atoms with Crippen LogP contribution in [-0.2, 0) is 24.7 Å². The molecule has 1 fully saturated rings. The third-order valence-electron chi connectivity index (χ3n) is 6.52. The number of fused-ring (bicyclic) bond motifs is 2. The molecule has 2 aliphatic rings. The first-order valence-electron chi connectivity index (χ1n) is 11.2. The summed E-state index contributed by atoms with van der Waals surface area (Å²) in [6, 6.07) is 12.0. The summed E-state index contributed by atoms with van der Waals surface area (Å²) in [5.41, 5.74) is 0.228. The molecule has 0 saturated carbocycles. The van der Waals surface area contributed by atoms with Gasteiger partial charge in [0, 0.05) is 37.9 Å². The van der Waals surface area contributed by atoms with Crippen molar-refractivity contribution in [1.29, 1.82) is 0 Å². The number of methoxy groups -OCH3 is 2. The highest BCUT2D eigenvalue weighted by atomic mass is 16.5. The maximum absolute atomic E-state index is 14.0. The number of Topliss-reactive ketones (excluding diaryl/α,β-unsaturated/α-hetero) is 1. The molecule has 4 rings (SSSR count). The van der Waals surface area contributed by atoms with Gasteiger partial charge in [0.1, 0.15) is 11.5 Å². The Morgan fingerprint density at radius 1 is 1.09 bits per heavy atom. The highest BCUT2D eigenvalue weighted by molar-refractivity contribution is 6.50. The van der Waals surface area contributed by atoms with E-state index in [1.807, 2.05) is 13.8 Å². The molecule has 0 aromatic heterocycles. The van der Waals surface area contributed by atoms with Crippen molar-refractivity contribution in [3.05, 3.63) is 64.7 Å². The SMILES string of the molecule is CCN1C(=O)[C@@]2(C(=C(O)c3ccc(OC)c(C)c3)C(=O)C(=O)N2CCCOC)c2ccccc21. The second-order valence-corrected chi connectivity index (χ2v) is 8.32. The lowest BCUT2D eigenvalue weighted by molar-refractivity contribution is -0.143. The fraction of sp³-hybridized carbons (Fsp3) is 0.346. The first kappa shape index (κ1) is 23.5. The van der Waals surface area contributed by atoms with E-state index in [-0.39, 0.29) is 17.9 Å². The summed E-state index contributed by atoms with van der Waals surface area (Å²) in [5.74, 6) is -1.90. The number of aliphatic hydroxyl groups excluding tert-OH is 1. The fourth-order valence-corrected chi connectivity index (χ4v) is 5.02. The number of anilines is 1. The fourth-order valence-electron chi connectivity index (χ4n) is 5.02. The van der Waals surface area contributed by atoms with Gasteiger partial charge in [0.25, 0.3) is 17.6 Å². The van der Waals surface area contributed by atoms with Gasteiger partial charge >= 0.3 is 0 Å². The molecule has 0 unspecified atom stereocenters. The molecule has 1 saturated heterocycles. The highest BCUT2D eigenvalue weighted by Crippen LogP contribution is 2.53. The van der Waals surface area contributed by atoms with Gasteiger partial charge in [-0.2, -0.15) is 0 Å². The minimum Gasteiger partial charge on any atom is -0.507 e. The Bertz CT molecular complexity index is 1200. The number of carbonyl (C=O) groups is 3. The predicted octanol–water partition coefficient (Wildman–Crippen LogP) is 2.98. The third-order valence-corrected chi connectivity index (χ3v) is 6.52. The number of aliphatic hydroxyl groups is 1. The second-order valence-electron chi connectivity index (χ2n) is 8.32. The summed E-state index contributed by atoms with van der Waals surface area (Å²) in [6.07, 6.45) is 0.425. The van der Waals surface area contributed by atoms with E-state index in [4.69, 9.17) is 9.47 Å². The summed E-state index contributed by atoms with van der Waals surface area (Å²) in [7, 11) is 3.09. The molecule has 34 heavy (non-hydrogen) atoms. The number of carbonyl (C=O) groups excluding carboxylic acids is 3. The van der Waals surface area contributed by atoms with Crippen molar-refractivity contribution < 1.29 is 29.0 Å². The molecule has 2 heterocycles. The summed E-state index contributed by atoms with van der Waals surface area (Å²) in [6.45, 7) is 4.46. The first-order chi connectivity index (χ1) is 16.3. The van der Waals surface area contributed by atoms with E-state index in [1.54, 1.807) is 61.6 Å². The highest BCUT2D eigenvalue weighted by Gasteiger charge is 2.66. The van der Waals surface area contributed by atoms with E-state index in [9.17, 15) is 19.5 Å². The largest absolute Gasteiger partial charge is 0.507 e.